The van der Waals surface area contributed by atoms with Crippen LogP contribution in [0, 0.1) is 21.0 Å². The zero-order valence-electron chi connectivity index (χ0n) is 27.0. The molecule has 1 unspecified atom stereocenters. The fourth-order valence-corrected chi connectivity index (χ4v) is 8.08. The van der Waals surface area contributed by atoms with Crippen LogP contribution in [0.5, 0.6) is 11.9 Å². The summed E-state index contributed by atoms with van der Waals surface area (Å²) in [5.41, 5.74) is 2.61. The van der Waals surface area contributed by atoms with Gasteiger partial charge in [0.2, 0.25) is 5.88 Å². The van der Waals surface area contributed by atoms with Crippen LogP contribution in [-0.4, -0.2) is 99.6 Å². The van der Waals surface area contributed by atoms with Gasteiger partial charge in [-0.05, 0) is 75.7 Å². The van der Waals surface area contributed by atoms with Crippen LogP contribution in [0.2, 0.25) is 0 Å². The smallest absolute Gasteiger partial charge is 0.410 e. The van der Waals surface area contributed by atoms with Gasteiger partial charge in [-0.3, -0.25) is 4.90 Å². The number of nitrogen functional groups attached to an aromatic ring is 1. The molecular weight excluding hydrogens is 749 g/mol. The van der Waals surface area contributed by atoms with E-state index in [1.165, 1.54) is 0 Å². The molecule has 4 aliphatic rings. The van der Waals surface area contributed by atoms with Gasteiger partial charge in [0.15, 0.2) is 11.6 Å². The number of hydrogen-bond acceptors (Lipinski definition) is 10. The molecule has 48 heavy (non-hydrogen) atoms. The monoisotopic (exact) mass is 785 g/mol. The van der Waals surface area contributed by atoms with Crippen molar-refractivity contribution in [3.63, 3.8) is 0 Å². The van der Waals surface area contributed by atoms with Gasteiger partial charge in [-0.15, -0.1) is 0 Å². The highest BCUT2D eigenvalue weighted by Gasteiger charge is 2.50. The fourth-order valence-electron chi connectivity index (χ4n) is 7.32. The second-order valence-electron chi connectivity index (χ2n) is 13.9. The Bertz CT molecular complexity index is 1810. The van der Waals surface area contributed by atoms with Crippen molar-refractivity contribution in [2.24, 2.45) is 0 Å². The maximum absolute atomic E-state index is 16.7. The molecule has 16 heteroatoms. The number of carbonyl (C=O) groups is 1. The quantitative estimate of drug-likeness (QED) is 0.208. The molecule has 0 spiro atoms. The van der Waals surface area contributed by atoms with E-state index < -0.39 is 64.4 Å². The number of hydrogen-bond donors (Lipinski definition) is 1. The van der Waals surface area contributed by atoms with Crippen molar-refractivity contribution in [2.45, 2.75) is 76.4 Å². The predicted molar refractivity (Wildman–Crippen MR) is 177 cm³/mol. The second kappa shape index (κ2) is 11.9. The van der Waals surface area contributed by atoms with Crippen molar-refractivity contribution in [1.82, 2.24) is 24.8 Å². The van der Waals surface area contributed by atoms with Gasteiger partial charge in [-0.1, -0.05) is 0 Å². The number of nitrogens with two attached hydrogens (primary N) is 1. The van der Waals surface area contributed by atoms with Gasteiger partial charge in [-0.2, -0.15) is 9.97 Å². The third-order valence-electron chi connectivity index (χ3n) is 9.57. The molecule has 0 aliphatic carbocycles. The van der Waals surface area contributed by atoms with Gasteiger partial charge in [0, 0.05) is 36.2 Å². The number of pyridine rings is 1. The van der Waals surface area contributed by atoms with Crippen LogP contribution in [0.25, 0.3) is 22.2 Å². The highest BCUT2D eigenvalue weighted by Crippen LogP contribution is 2.45. The van der Waals surface area contributed by atoms with Crippen LogP contribution in [0.1, 0.15) is 47.0 Å². The molecule has 258 valence electrons. The van der Waals surface area contributed by atoms with E-state index in [1.54, 1.807) is 55.2 Å². The van der Waals surface area contributed by atoms with E-state index in [2.05, 4.69) is 14.9 Å². The van der Waals surface area contributed by atoms with Crippen LogP contribution in [0.15, 0.2) is 6.07 Å². The first-order valence-electron chi connectivity index (χ1n) is 15.9. The molecular formula is C32H36F4IN7O4. The van der Waals surface area contributed by atoms with E-state index in [0.29, 0.717) is 13.0 Å². The van der Waals surface area contributed by atoms with Gasteiger partial charge in [0.1, 0.15) is 58.4 Å². The number of halogens is 5. The van der Waals surface area contributed by atoms with E-state index in [4.69, 9.17) is 24.9 Å². The van der Waals surface area contributed by atoms with Gasteiger partial charge in [-0.25, -0.2) is 27.3 Å². The summed E-state index contributed by atoms with van der Waals surface area (Å²) < 4.78 is 79.2. The Hall–Kier alpha value is -3.41. The van der Waals surface area contributed by atoms with E-state index in [9.17, 15) is 13.6 Å². The minimum absolute atomic E-state index is 0.0371. The number of benzene rings is 1. The van der Waals surface area contributed by atoms with Crippen LogP contribution in [0.4, 0.5) is 33.9 Å². The fraction of sp³-hybridized carbons (Fsp3) is 0.562. The number of piperazine rings is 1. The standard InChI is InChI=1S/C32H36F4IN7O4/c1-15-19-13-42(30(45)48-31(2,3)4)8-9-44(19)27-21-26(40-29(41-27)46-14-32-6-5-7-43(32)12-16(33)11-32)23(36)25(39-28(21)47-15)20-18(37)10-17(34)24(38)22(20)35/h10,15-16,19H,5-9,11-14,38H2,1-4H3/t15-,16+,19?,32-/m0/s1. The number of rotatable bonds is 4. The molecule has 2 N–H and O–H groups in total. The van der Waals surface area contributed by atoms with Crippen molar-refractivity contribution in [1.29, 1.82) is 0 Å². The lowest BCUT2D eigenvalue weighted by atomic mass is 9.95. The zero-order valence-corrected chi connectivity index (χ0v) is 29.1. The van der Waals surface area contributed by atoms with E-state index in [0.717, 1.165) is 25.5 Å². The number of aromatic nitrogens is 3. The first-order chi connectivity index (χ1) is 22.7. The molecule has 6 heterocycles. The van der Waals surface area contributed by atoms with Gasteiger partial charge in [0.05, 0.1) is 17.1 Å². The van der Waals surface area contributed by atoms with Crippen molar-refractivity contribution >= 4 is 51.1 Å². The van der Waals surface area contributed by atoms with Gasteiger partial charge < -0.3 is 29.7 Å². The molecule has 0 bridgehead atoms. The minimum Gasteiger partial charge on any atom is -0.472 e. The molecule has 4 atom stereocenters. The molecule has 4 aliphatic heterocycles. The summed E-state index contributed by atoms with van der Waals surface area (Å²) in [6.07, 6.45) is -0.145. The molecule has 3 saturated heterocycles. The Kier molecular flexibility index (Phi) is 8.19. The highest BCUT2D eigenvalue weighted by atomic mass is 127. The van der Waals surface area contributed by atoms with Crippen LogP contribution < -0.4 is 20.1 Å². The Morgan fingerprint density at radius 1 is 1.15 bits per heavy atom. The molecule has 0 radical (unpaired) electrons. The Morgan fingerprint density at radius 2 is 1.92 bits per heavy atom. The lowest BCUT2D eigenvalue weighted by Crippen LogP contribution is -2.59. The van der Waals surface area contributed by atoms with Crippen molar-refractivity contribution < 1.29 is 36.6 Å². The maximum Gasteiger partial charge on any atom is 0.410 e. The normalized spacial score (nSPS) is 25.5. The van der Waals surface area contributed by atoms with E-state index >= 15 is 8.78 Å². The average Bonchev–Trinajstić information content (AvgIpc) is 3.51. The number of ether oxygens (including phenoxy) is 3. The third kappa shape index (κ3) is 5.61. The minimum atomic E-state index is -1.17. The number of nitrogens with zero attached hydrogens (tertiary/aromatic N) is 6. The van der Waals surface area contributed by atoms with Gasteiger partial charge in [0.25, 0.3) is 0 Å². The molecule has 3 aromatic rings. The lowest BCUT2D eigenvalue weighted by Gasteiger charge is -2.43. The summed E-state index contributed by atoms with van der Waals surface area (Å²) in [5.74, 6) is -2.96. The number of amides is 1. The molecule has 1 amide bonds. The summed E-state index contributed by atoms with van der Waals surface area (Å²) in [5, 5.41) is 0.138. The van der Waals surface area contributed by atoms with Crippen molar-refractivity contribution in [3.05, 3.63) is 27.1 Å². The largest absolute Gasteiger partial charge is 0.472 e. The van der Waals surface area contributed by atoms with Crippen LogP contribution in [-0.2, 0) is 4.74 Å². The highest BCUT2D eigenvalue weighted by molar-refractivity contribution is 14.1. The zero-order chi connectivity index (χ0) is 34.3. The summed E-state index contributed by atoms with van der Waals surface area (Å²) >= 11 is 1.70. The lowest BCUT2D eigenvalue weighted by molar-refractivity contribution is 0.0175. The first kappa shape index (κ1) is 33.1. The molecule has 2 aromatic heterocycles. The summed E-state index contributed by atoms with van der Waals surface area (Å²) in [6, 6.07) is 0.362. The van der Waals surface area contributed by atoms with E-state index in [1.807, 2.05) is 4.90 Å². The SMILES string of the molecule is C[C@@H]1Oc2nc(-c3c(I)cc(F)c(N)c3F)c(F)c3nc(OC[C@@]45CCCN4C[C@H](F)C5)nc(c23)N2CCN(C(=O)OC(C)(C)C)CC12. The Balaban J connectivity index is 1.35. The molecule has 3 fully saturated rings. The Labute approximate surface area is 288 Å². The molecule has 0 saturated carbocycles. The van der Waals surface area contributed by atoms with E-state index in [-0.39, 0.29) is 64.0 Å². The third-order valence-corrected chi connectivity index (χ3v) is 10.4. The molecule has 1 aromatic carbocycles. The Morgan fingerprint density at radius 3 is 2.67 bits per heavy atom. The summed E-state index contributed by atoms with van der Waals surface area (Å²) in [7, 11) is 0. The van der Waals surface area contributed by atoms with Crippen LogP contribution >= 0.6 is 22.6 Å². The maximum atomic E-state index is 16.7. The van der Waals surface area contributed by atoms with Crippen molar-refractivity contribution in [3.8, 4) is 23.1 Å². The number of carbonyl (C=O) groups excluding carboxylic acids is 1. The number of fused-ring (bicyclic) bond motifs is 3. The second-order valence-corrected chi connectivity index (χ2v) is 15.1. The predicted octanol–water partition coefficient (Wildman–Crippen LogP) is 5.46. The van der Waals surface area contributed by atoms with Crippen LogP contribution in [0.3, 0.4) is 0 Å². The molecule has 11 nitrogen and oxygen atoms in total. The number of anilines is 2. The van der Waals surface area contributed by atoms with Crippen molar-refractivity contribution in [2.75, 3.05) is 50.0 Å². The average molecular weight is 786 g/mol. The summed E-state index contributed by atoms with van der Waals surface area (Å²) in [6.45, 7) is 9.06. The number of alkyl halides is 1. The van der Waals surface area contributed by atoms with Gasteiger partial charge >= 0.3 is 12.1 Å². The first-order valence-corrected chi connectivity index (χ1v) is 17.0. The molecule has 7 rings (SSSR count). The topological polar surface area (TPSA) is 119 Å². The summed E-state index contributed by atoms with van der Waals surface area (Å²) in [4.78, 5) is 32.3.